The molecule has 0 aliphatic heterocycles. The predicted molar refractivity (Wildman–Crippen MR) is 99.9 cm³/mol. The summed E-state index contributed by atoms with van der Waals surface area (Å²) < 4.78 is 32.4. The first-order valence-electron chi connectivity index (χ1n) is 8.34. The van der Waals surface area contributed by atoms with Crippen molar-refractivity contribution in [2.75, 3.05) is 12.3 Å². The number of ketones is 1. The average molecular weight is 382 g/mol. The van der Waals surface area contributed by atoms with Crippen LogP contribution in [0, 0.1) is 0 Å². The van der Waals surface area contributed by atoms with E-state index < -0.39 is 28.1 Å². The molecule has 0 spiro atoms. The number of carbonyl (C=O) groups excluding carboxylic acids is 2. The van der Waals surface area contributed by atoms with Crippen LogP contribution in [0.15, 0.2) is 41.3 Å². The molecule has 0 saturated heterocycles. The van der Waals surface area contributed by atoms with Gasteiger partial charge in [-0.1, -0.05) is 6.08 Å². The lowest BCUT2D eigenvalue weighted by molar-refractivity contribution is -0.148. The number of ether oxygens (including phenoxy) is 1. The van der Waals surface area contributed by atoms with Crippen LogP contribution in [0.3, 0.4) is 0 Å². The van der Waals surface area contributed by atoms with Gasteiger partial charge in [0.15, 0.2) is 5.78 Å². The highest BCUT2D eigenvalue weighted by Gasteiger charge is 2.38. The van der Waals surface area contributed by atoms with Gasteiger partial charge < -0.3 is 10.5 Å². The summed E-state index contributed by atoms with van der Waals surface area (Å²) in [4.78, 5) is 23.6. The number of carbonyl (C=O) groups is 2. The molecule has 26 heavy (non-hydrogen) atoms. The topological polar surface area (TPSA) is 107 Å². The van der Waals surface area contributed by atoms with Crippen molar-refractivity contribution in [2.45, 2.75) is 51.1 Å². The van der Waals surface area contributed by atoms with Crippen LogP contribution in [0.5, 0.6) is 0 Å². The molecular formula is C18H26N2O5S. The second-order valence-corrected chi connectivity index (χ2v) is 7.86. The SMILES string of the molecule is CCOC(=O)C(C/C=C/C(C)=O)N(C(C)C)S(=O)(=O)c1ccc(N)cc1. The van der Waals surface area contributed by atoms with Crippen molar-refractivity contribution in [3.8, 4) is 0 Å². The van der Waals surface area contributed by atoms with Gasteiger partial charge in [-0.25, -0.2) is 8.42 Å². The van der Waals surface area contributed by atoms with Gasteiger partial charge in [-0.2, -0.15) is 4.31 Å². The average Bonchev–Trinajstić information content (AvgIpc) is 2.53. The normalized spacial score (nSPS) is 13.3. The van der Waals surface area contributed by atoms with Gasteiger partial charge >= 0.3 is 5.97 Å². The Balaban J connectivity index is 3.35. The van der Waals surface area contributed by atoms with Crippen molar-refractivity contribution in [3.63, 3.8) is 0 Å². The van der Waals surface area contributed by atoms with E-state index >= 15 is 0 Å². The molecule has 1 aromatic carbocycles. The number of sulfonamides is 1. The number of hydrogen-bond acceptors (Lipinski definition) is 6. The van der Waals surface area contributed by atoms with Crippen molar-refractivity contribution in [1.82, 2.24) is 4.31 Å². The molecule has 1 atom stereocenters. The Kier molecular flexibility index (Phi) is 7.98. The first kappa shape index (κ1) is 21.9. The van der Waals surface area contributed by atoms with Crippen molar-refractivity contribution >= 4 is 27.5 Å². The Morgan fingerprint density at radius 3 is 2.27 bits per heavy atom. The number of esters is 1. The summed E-state index contributed by atoms with van der Waals surface area (Å²) in [5.74, 6) is -0.849. The van der Waals surface area contributed by atoms with Crippen molar-refractivity contribution in [2.24, 2.45) is 0 Å². The van der Waals surface area contributed by atoms with Crippen LogP contribution >= 0.6 is 0 Å². The molecule has 0 aliphatic rings. The molecule has 8 heteroatoms. The number of anilines is 1. The Hall–Kier alpha value is -2.19. The summed E-state index contributed by atoms with van der Waals surface area (Å²) in [5.41, 5.74) is 6.06. The van der Waals surface area contributed by atoms with E-state index in [4.69, 9.17) is 10.5 Å². The molecule has 0 bridgehead atoms. The maximum Gasteiger partial charge on any atom is 0.324 e. The third-order valence-electron chi connectivity index (χ3n) is 3.54. The minimum absolute atomic E-state index is 0.0325. The maximum absolute atomic E-state index is 13.1. The van der Waals surface area contributed by atoms with Gasteiger partial charge in [-0.05, 0) is 64.5 Å². The molecule has 0 amide bonds. The quantitative estimate of drug-likeness (QED) is 0.398. The van der Waals surface area contributed by atoms with E-state index in [1.807, 2.05) is 0 Å². The van der Waals surface area contributed by atoms with Crippen LogP contribution < -0.4 is 5.73 Å². The molecule has 0 saturated carbocycles. The van der Waals surface area contributed by atoms with E-state index in [9.17, 15) is 18.0 Å². The lowest BCUT2D eigenvalue weighted by Gasteiger charge is -2.32. The zero-order valence-electron chi connectivity index (χ0n) is 15.5. The third kappa shape index (κ3) is 5.67. The van der Waals surface area contributed by atoms with E-state index in [1.54, 1.807) is 20.8 Å². The number of nitrogens with zero attached hydrogens (tertiary/aromatic N) is 1. The maximum atomic E-state index is 13.1. The smallest absolute Gasteiger partial charge is 0.324 e. The molecule has 0 heterocycles. The summed E-state index contributed by atoms with van der Waals surface area (Å²) in [5, 5.41) is 0. The second-order valence-electron chi connectivity index (χ2n) is 6.01. The Morgan fingerprint density at radius 2 is 1.81 bits per heavy atom. The van der Waals surface area contributed by atoms with Crippen LogP contribution in [-0.4, -0.2) is 43.2 Å². The molecule has 1 aromatic rings. The summed E-state index contributed by atoms with van der Waals surface area (Å²) in [6, 6.07) is 4.19. The molecule has 1 rings (SSSR count). The van der Waals surface area contributed by atoms with Gasteiger partial charge in [0, 0.05) is 11.7 Å². The Morgan fingerprint density at radius 1 is 1.23 bits per heavy atom. The Bertz CT molecular complexity index is 754. The van der Waals surface area contributed by atoms with Crippen LogP contribution in [-0.2, 0) is 24.3 Å². The molecule has 0 aliphatic carbocycles. The molecule has 0 fully saturated rings. The van der Waals surface area contributed by atoms with E-state index in [-0.39, 0.29) is 23.7 Å². The van der Waals surface area contributed by atoms with Gasteiger partial charge in [-0.15, -0.1) is 0 Å². The first-order chi connectivity index (χ1) is 12.1. The minimum Gasteiger partial charge on any atom is -0.465 e. The van der Waals surface area contributed by atoms with E-state index in [0.29, 0.717) is 5.69 Å². The van der Waals surface area contributed by atoms with E-state index in [1.165, 1.54) is 43.3 Å². The van der Waals surface area contributed by atoms with Crippen LogP contribution in [0.4, 0.5) is 5.69 Å². The standard InChI is InChI=1S/C18H26N2O5S/c1-5-25-18(22)17(8-6-7-14(4)21)20(13(2)3)26(23,24)16-11-9-15(19)10-12-16/h6-7,9-13,17H,5,8,19H2,1-4H3/b7-6+. The molecule has 7 nitrogen and oxygen atoms in total. The van der Waals surface area contributed by atoms with Crippen molar-refractivity contribution in [1.29, 1.82) is 0 Å². The number of nitrogen functional groups attached to an aromatic ring is 1. The second kappa shape index (κ2) is 9.49. The van der Waals surface area contributed by atoms with Crippen LogP contribution in [0.2, 0.25) is 0 Å². The van der Waals surface area contributed by atoms with Gasteiger partial charge in [0.05, 0.1) is 11.5 Å². The number of hydrogen-bond donors (Lipinski definition) is 1. The van der Waals surface area contributed by atoms with Gasteiger partial charge in [0.25, 0.3) is 0 Å². The summed E-state index contributed by atoms with van der Waals surface area (Å²) >= 11 is 0. The largest absolute Gasteiger partial charge is 0.465 e. The number of rotatable bonds is 9. The number of allylic oxidation sites excluding steroid dienone is 1. The first-order valence-corrected chi connectivity index (χ1v) is 9.78. The Labute approximate surface area is 154 Å². The number of benzene rings is 1. The monoisotopic (exact) mass is 382 g/mol. The van der Waals surface area contributed by atoms with Crippen LogP contribution in [0.1, 0.15) is 34.1 Å². The summed E-state index contributed by atoms with van der Waals surface area (Å²) in [7, 11) is -3.97. The molecule has 144 valence electrons. The predicted octanol–water partition coefficient (Wildman–Crippen LogP) is 2.13. The fourth-order valence-electron chi connectivity index (χ4n) is 2.47. The highest BCUT2D eigenvalue weighted by Crippen LogP contribution is 2.24. The minimum atomic E-state index is -3.97. The highest BCUT2D eigenvalue weighted by molar-refractivity contribution is 7.89. The zero-order chi connectivity index (χ0) is 19.9. The molecule has 0 aromatic heterocycles. The fourth-order valence-corrected chi connectivity index (χ4v) is 4.26. The van der Waals surface area contributed by atoms with Gasteiger partial charge in [0.1, 0.15) is 6.04 Å². The molecule has 2 N–H and O–H groups in total. The van der Waals surface area contributed by atoms with Crippen LogP contribution in [0.25, 0.3) is 0 Å². The molecule has 0 radical (unpaired) electrons. The number of nitrogens with two attached hydrogens (primary N) is 1. The van der Waals surface area contributed by atoms with Gasteiger partial charge in [-0.3, -0.25) is 9.59 Å². The highest BCUT2D eigenvalue weighted by atomic mass is 32.2. The molecule has 1 unspecified atom stereocenters. The summed E-state index contributed by atoms with van der Waals surface area (Å²) in [6.07, 6.45) is 2.82. The zero-order valence-corrected chi connectivity index (χ0v) is 16.3. The third-order valence-corrected chi connectivity index (χ3v) is 5.64. The summed E-state index contributed by atoms with van der Waals surface area (Å²) in [6.45, 7) is 6.50. The fraction of sp³-hybridized carbons (Fsp3) is 0.444. The van der Waals surface area contributed by atoms with E-state index in [0.717, 1.165) is 4.31 Å². The molecular weight excluding hydrogens is 356 g/mol. The van der Waals surface area contributed by atoms with E-state index in [2.05, 4.69) is 0 Å². The van der Waals surface area contributed by atoms with Crippen molar-refractivity contribution < 1.29 is 22.7 Å². The lowest BCUT2D eigenvalue weighted by atomic mass is 10.1. The van der Waals surface area contributed by atoms with Crippen molar-refractivity contribution in [3.05, 3.63) is 36.4 Å². The van der Waals surface area contributed by atoms with Gasteiger partial charge in [0.2, 0.25) is 10.0 Å². The lowest BCUT2D eigenvalue weighted by Crippen LogP contribution is -2.49.